The normalized spacial score (nSPS) is 11.7. The number of carboxylic acid groups (broad SMARTS) is 1. The van der Waals surface area contributed by atoms with Gasteiger partial charge in [-0.05, 0) is 6.92 Å². The van der Waals surface area contributed by atoms with E-state index in [0.717, 1.165) is 0 Å². The molecule has 0 amide bonds. The second-order valence-electron chi connectivity index (χ2n) is 2.92. The van der Waals surface area contributed by atoms with E-state index in [0.29, 0.717) is 0 Å². The van der Waals surface area contributed by atoms with Crippen LogP contribution in [-0.2, 0) is 17.4 Å². The van der Waals surface area contributed by atoms with Crippen LogP contribution in [0.15, 0.2) is 4.42 Å². The zero-order valence-corrected chi connectivity index (χ0v) is 7.76. The van der Waals surface area contributed by atoms with E-state index in [2.05, 4.69) is 9.40 Å². The number of rotatable bonds is 3. The maximum atomic E-state index is 12.1. The first-order valence-electron chi connectivity index (χ1n) is 4.06. The Labute approximate surface area is 82.7 Å². The highest BCUT2D eigenvalue weighted by molar-refractivity contribution is 5.66. The van der Waals surface area contributed by atoms with Crippen LogP contribution < -0.4 is 0 Å². The van der Waals surface area contributed by atoms with Gasteiger partial charge in [0.2, 0.25) is 0 Å². The van der Waals surface area contributed by atoms with Gasteiger partial charge in [0, 0.05) is 6.42 Å². The Morgan fingerprint density at radius 3 is 2.53 bits per heavy atom. The van der Waals surface area contributed by atoms with Crippen molar-refractivity contribution < 1.29 is 27.5 Å². The Morgan fingerprint density at radius 2 is 2.13 bits per heavy atom. The van der Waals surface area contributed by atoms with Crippen molar-refractivity contribution in [1.29, 1.82) is 0 Å². The smallest absolute Gasteiger partial charge is 0.468 e. The minimum atomic E-state index is -4.63. The largest absolute Gasteiger partial charge is 0.481 e. The highest BCUT2D eigenvalue weighted by atomic mass is 19.4. The lowest BCUT2D eigenvalue weighted by Crippen LogP contribution is -2.04. The van der Waals surface area contributed by atoms with Gasteiger partial charge in [-0.1, -0.05) is 0 Å². The molecule has 0 saturated carbocycles. The van der Waals surface area contributed by atoms with E-state index >= 15 is 0 Å². The SMILES string of the molecule is Cc1nc(C(F)(F)F)oc1CCC(=O)O. The minimum Gasteiger partial charge on any atom is -0.481 e. The predicted molar refractivity (Wildman–Crippen MR) is 42.2 cm³/mol. The number of aromatic nitrogens is 1. The molecule has 0 atom stereocenters. The first kappa shape index (κ1) is 11.5. The second-order valence-corrected chi connectivity index (χ2v) is 2.92. The first-order valence-corrected chi connectivity index (χ1v) is 4.06. The van der Waals surface area contributed by atoms with Gasteiger partial charge >= 0.3 is 18.0 Å². The molecule has 0 aliphatic carbocycles. The number of hydrogen-bond acceptors (Lipinski definition) is 3. The van der Waals surface area contributed by atoms with E-state index in [1.54, 1.807) is 0 Å². The molecule has 0 radical (unpaired) electrons. The molecule has 4 nitrogen and oxygen atoms in total. The van der Waals surface area contributed by atoms with E-state index in [-0.39, 0.29) is 24.3 Å². The molecule has 0 saturated heterocycles. The van der Waals surface area contributed by atoms with E-state index in [1.807, 2.05) is 0 Å². The van der Waals surface area contributed by atoms with Gasteiger partial charge < -0.3 is 9.52 Å². The van der Waals surface area contributed by atoms with Crippen LogP contribution in [0, 0.1) is 6.92 Å². The maximum absolute atomic E-state index is 12.1. The number of carboxylic acids is 1. The fourth-order valence-electron chi connectivity index (χ4n) is 1.00. The molecule has 0 bridgehead atoms. The Kier molecular flexibility index (Phi) is 3.01. The summed E-state index contributed by atoms with van der Waals surface area (Å²) in [4.78, 5) is 13.4. The van der Waals surface area contributed by atoms with Gasteiger partial charge in [0.05, 0.1) is 12.1 Å². The van der Waals surface area contributed by atoms with Crippen molar-refractivity contribution >= 4 is 5.97 Å². The summed E-state index contributed by atoms with van der Waals surface area (Å²) in [5.41, 5.74) is 0.0728. The number of aliphatic carboxylic acids is 1. The van der Waals surface area contributed by atoms with Gasteiger partial charge in [-0.15, -0.1) is 0 Å². The lowest BCUT2D eigenvalue weighted by atomic mass is 10.2. The molecule has 1 aromatic rings. The topological polar surface area (TPSA) is 63.3 Å². The van der Waals surface area contributed by atoms with Crippen LogP contribution in [0.5, 0.6) is 0 Å². The van der Waals surface area contributed by atoms with E-state index in [9.17, 15) is 18.0 Å². The van der Waals surface area contributed by atoms with Crippen molar-refractivity contribution in [3.63, 3.8) is 0 Å². The third-order valence-corrected chi connectivity index (χ3v) is 1.70. The molecular weight excluding hydrogens is 215 g/mol. The van der Waals surface area contributed by atoms with E-state index in [1.165, 1.54) is 6.92 Å². The average molecular weight is 223 g/mol. The molecule has 0 aliphatic heterocycles. The molecular formula is C8H8F3NO3. The van der Waals surface area contributed by atoms with Crippen molar-refractivity contribution in [2.75, 3.05) is 0 Å². The standard InChI is InChI=1S/C8H8F3NO3/c1-4-5(2-3-6(13)14)15-7(12-4)8(9,10)11/h2-3H2,1H3,(H,13,14). The molecule has 7 heteroatoms. The van der Waals surface area contributed by atoms with Crippen LogP contribution >= 0.6 is 0 Å². The van der Waals surface area contributed by atoms with Crippen molar-refractivity contribution in [2.45, 2.75) is 25.9 Å². The predicted octanol–water partition coefficient (Wildman–Crippen LogP) is 2.02. The molecule has 0 fully saturated rings. The molecule has 1 N–H and O–H groups in total. The summed E-state index contributed by atoms with van der Waals surface area (Å²) in [6.07, 6.45) is -5.01. The number of hydrogen-bond donors (Lipinski definition) is 1. The fraction of sp³-hybridized carbons (Fsp3) is 0.500. The molecule has 0 aliphatic rings. The number of oxazole rings is 1. The van der Waals surface area contributed by atoms with Crippen LogP contribution in [0.4, 0.5) is 13.2 Å². The highest BCUT2D eigenvalue weighted by Crippen LogP contribution is 2.30. The number of carbonyl (C=O) groups is 1. The van der Waals surface area contributed by atoms with Gasteiger partial charge in [-0.25, -0.2) is 4.98 Å². The number of aryl methyl sites for hydroxylation is 2. The van der Waals surface area contributed by atoms with Gasteiger partial charge in [0.1, 0.15) is 5.76 Å². The van der Waals surface area contributed by atoms with Crippen molar-refractivity contribution in [3.05, 3.63) is 17.3 Å². The summed E-state index contributed by atoms with van der Waals surface area (Å²) in [6, 6.07) is 0. The maximum Gasteiger partial charge on any atom is 0.468 e. The zero-order valence-electron chi connectivity index (χ0n) is 7.76. The number of nitrogens with zero attached hydrogens (tertiary/aromatic N) is 1. The summed E-state index contributed by atoms with van der Waals surface area (Å²) < 4.78 is 40.8. The quantitative estimate of drug-likeness (QED) is 0.851. The fourth-order valence-corrected chi connectivity index (χ4v) is 1.00. The van der Waals surface area contributed by atoms with Gasteiger partial charge in [0.15, 0.2) is 0 Å². The van der Waals surface area contributed by atoms with Crippen molar-refractivity contribution in [2.24, 2.45) is 0 Å². The molecule has 84 valence electrons. The molecule has 0 spiro atoms. The third kappa shape index (κ3) is 2.97. The van der Waals surface area contributed by atoms with Crippen LogP contribution in [0.1, 0.15) is 23.8 Å². The van der Waals surface area contributed by atoms with Crippen LogP contribution in [0.25, 0.3) is 0 Å². The van der Waals surface area contributed by atoms with Crippen LogP contribution in [0.2, 0.25) is 0 Å². The summed E-state index contributed by atoms with van der Waals surface area (Å²) in [7, 11) is 0. The number of alkyl halides is 3. The molecule has 0 aromatic carbocycles. The Balaban J connectivity index is 2.82. The second kappa shape index (κ2) is 3.92. The highest BCUT2D eigenvalue weighted by Gasteiger charge is 2.37. The number of halogens is 3. The summed E-state index contributed by atoms with van der Waals surface area (Å²) in [5, 5.41) is 8.35. The van der Waals surface area contributed by atoms with E-state index in [4.69, 9.17) is 5.11 Å². The lowest BCUT2D eigenvalue weighted by Gasteiger charge is -1.98. The summed E-state index contributed by atoms with van der Waals surface area (Å²) in [6.45, 7) is 1.34. The Morgan fingerprint density at radius 1 is 1.53 bits per heavy atom. The summed E-state index contributed by atoms with van der Waals surface area (Å²) >= 11 is 0. The van der Waals surface area contributed by atoms with Crippen molar-refractivity contribution in [3.8, 4) is 0 Å². The molecule has 15 heavy (non-hydrogen) atoms. The Hall–Kier alpha value is -1.53. The Bertz CT molecular complexity index is 370. The molecule has 1 rings (SSSR count). The average Bonchev–Trinajstić information content (AvgIpc) is 2.42. The summed E-state index contributed by atoms with van der Waals surface area (Å²) in [5.74, 6) is -2.47. The minimum absolute atomic E-state index is 0.0373. The molecule has 1 aromatic heterocycles. The van der Waals surface area contributed by atoms with E-state index < -0.39 is 18.0 Å². The molecule has 0 unspecified atom stereocenters. The van der Waals surface area contributed by atoms with Gasteiger partial charge in [-0.2, -0.15) is 13.2 Å². The molecule has 1 heterocycles. The van der Waals surface area contributed by atoms with Gasteiger partial charge in [-0.3, -0.25) is 4.79 Å². The zero-order chi connectivity index (χ0) is 11.6. The lowest BCUT2D eigenvalue weighted by molar-refractivity contribution is -0.157. The first-order chi connectivity index (χ1) is 6.80. The van der Waals surface area contributed by atoms with Crippen LogP contribution in [0.3, 0.4) is 0 Å². The van der Waals surface area contributed by atoms with Gasteiger partial charge in [0.25, 0.3) is 0 Å². The monoisotopic (exact) mass is 223 g/mol. The third-order valence-electron chi connectivity index (χ3n) is 1.70. The van der Waals surface area contributed by atoms with Crippen molar-refractivity contribution in [1.82, 2.24) is 4.98 Å². The van der Waals surface area contributed by atoms with Crippen LogP contribution in [-0.4, -0.2) is 16.1 Å².